The van der Waals surface area contributed by atoms with Crippen molar-refractivity contribution in [3.8, 4) is 0 Å². The van der Waals surface area contributed by atoms with Gasteiger partial charge in [0.2, 0.25) is 0 Å². The Labute approximate surface area is 95.6 Å². The van der Waals surface area contributed by atoms with Gasteiger partial charge in [0.05, 0.1) is 0 Å². The van der Waals surface area contributed by atoms with E-state index in [2.05, 4.69) is 27.6 Å². The highest BCUT2D eigenvalue weighted by Gasteiger charge is 1.96. The molecule has 0 saturated carbocycles. The van der Waals surface area contributed by atoms with E-state index >= 15 is 0 Å². The third-order valence-corrected chi connectivity index (χ3v) is 1.93. The second kappa shape index (κ2) is 7.84. The van der Waals surface area contributed by atoms with Crippen molar-refractivity contribution in [3.05, 3.63) is 12.4 Å². The summed E-state index contributed by atoms with van der Waals surface area (Å²) < 4.78 is 5.36. The molecule has 0 bridgehead atoms. The van der Waals surface area contributed by atoms with Gasteiger partial charge in [-0.2, -0.15) is 0 Å². The van der Waals surface area contributed by atoms with Crippen molar-refractivity contribution in [2.75, 3.05) is 30.5 Å². The number of anilines is 2. The summed E-state index contributed by atoms with van der Waals surface area (Å²) in [5, 5.41) is 3.17. The van der Waals surface area contributed by atoms with Crippen molar-refractivity contribution >= 4 is 11.6 Å². The maximum Gasteiger partial charge on any atom is 0.145 e. The van der Waals surface area contributed by atoms with Gasteiger partial charge in [-0.05, 0) is 12.8 Å². The lowest BCUT2D eigenvalue weighted by atomic mass is 10.4. The fourth-order valence-corrected chi connectivity index (χ4v) is 1.17. The summed E-state index contributed by atoms with van der Waals surface area (Å²) in [4.78, 5) is 7.98. The number of hydrogen-bond donors (Lipinski definition) is 3. The normalized spacial score (nSPS) is 10.1. The Balaban J connectivity index is 2.16. The molecule has 0 atom stereocenters. The molecule has 6 nitrogen and oxygen atoms in total. The Kier molecular flexibility index (Phi) is 6.20. The number of hydrogen-bond acceptors (Lipinski definition) is 6. The van der Waals surface area contributed by atoms with E-state index in [4.69, 9.17) is 10.6 Å². The van der Waals surface area contributed by atoms with Crippen LogP contribution >= 0.6 is 0 Å². The van der Waals surface area contributed by atoms with Crippen LogP contribution in [0.4, 0.5) is 11.6 Å². The van der Waals surface area contributed by atoms with E-state index < -0.39 is 0 Å². The van der Waals surface area contributed by atoms with Gasteiger partial charge in [-0.25, -0.2) is 15.8 Å². The maximum absolute atomic E-state index is 5.36. The molecule has 0 saturated heterocycles. The first-order valence-electron chi connectivity index (χ1n) is 5.47. The Morgan fingerprint density at radius 1 is 1.31 bits per heavy atom. The van der Waals surface area contributed by atoms with Crippen molar-refractivity contribution in [1.29, 1.82) is 0 Å². The lowest BCUT2D eigenvalue weighted by molar-refractivity contribution is 0.134. The fourth-order valence-electron chi connectivity index (χ4n) is 1.17. The van der Waals surface area contributed by atoms with E-state index in [1.165, 1.54) is 6.33 Å². The van der Waals surface area contributed by atoms with Crippen LogP contribution in [-0.4, -0.2) is 29.7 Å². The van der Waals surface area contributed by atoms with Gasteiger partial charge >= 0.3 is 0 Å². The zero-order valence-electron chi connectivity index (χ0n) is 9.57. The lowest BCUT2D eigenvalue weighted by Crippen LogP contribution is -2.11. The van der Waals surface area contributed by atoms with Gasteiger partial charge in [0, 0.05) is 25.8 Å². The van der Waals surface area contributed by atoms with Gasteiger partial charge in [0.1, 0.15) is 18.0 Å². The number of nitrogens with zero attached hydrogens (tertiary/aromatic N) is 2. The van der Waals surface area contributed by atoms with E-state index in [9.17, 15) is 0 Å². The van der Waals surface area contributed by atoms with Gasteiger partial charge in [-0.3, -0.25) is 0 Å². The lowest BCUT2D eigenvalue weighted by Gasteiger charge is -2.06. The second-order valence-corrected chi connectivity index (χ2v) is 3.33. The Hall–Kier alpha value is -1.40. The van der Waals surface area contributed by atoms with Crippen molar-refractivity contribution in [2.24, 2.45) is 5.84 Å². The molecule has 0 amide bonds. The van der Waals surface area contributed by atoms with E-state index in [-0.39, 0.29) is 0 Å². The number of rotatable bonds is 8. The fraction of sp³-hybridized carbons (Fsp3) is 0.600. The van der Waals surface area contributed by atoms with Crippen LogP contribution < -0.4 is 16.6 Å². The summed E-state index contributed by atoms with van der Waals surface area (Å²) in [5.41, 5.74) is 2.47. The average Bonchev–Trinajstić information content (AvgIpc) is 2.34. The predicted octanol–water partition coefficient (Wildman–Crippen LogP) is 0.991. The minimum atomic E-state index is 0.597. The number of nitrogens with one attached hydrogen (secondary N) is 2. The minimum Gasteiger partial charge on any atom is -0.381 e. The van der Waals surface area contributed by atoms with Crippen LogP contribution in [0.25, 0.3) is 0 Å². The molecule has 0 aliphatic heterocycles. The Bertz CT molecular complexity index is 294. The standard InChI is InChI=1S/C10H19N5O/c1-2-5-16-6-3-4-12-9-7-10(15-11)14-8-13-9/h7-8H,2-6,11H2,1H3,(H2,12,13,14,15). The summed E-state index contributed by atoms with van der Waals surface area (Å²) in [6.07, 6.45) is 3.48. The highest BCUT2D eigenvalue weighted by atomic mass is 16.5. The van der Waals surface area contributed by atoms with Crippen LogP contribution in [0.5, 0.6) is 0 Å². The van der Waals surface area contributed by atoms with Gasteiger partial charge < -0.3 is 15.5 Å². The summed E-state index contributed by atoms with van der Waals surface area (Å²) >= 11 is 0. The molecule has 1 rings (SSSR count). The van der Waals surface area contributed by atoms with Gasteiger partial charge in [-0.1, -0.05) is 6.92 Å². The highest BCUT2D eigenvalue weighted by Crippen LogP contribution is 2.06. The largest absolute Gasteiger partial charge is 0.381 e. The van der Waals surface area contributed by atoms with Crippen molar-refractivity contribution < 1.29 is 4.74 Å². The Morgan fingerprint density at radius 2 is 2.12 bits per heavy atom. The molecule has 90 valence electrons. The predicted molar refractivity (Wildman–Crippen MR) is 64.1 cm³/mol. The zero-order valence-corrected chi connectivity index (χ0v) is 9.57. The molecule has 0 fully saturated rings. The number of nitrogen functional groups attached to an aromatic ring is 1. The van der Waals surface area contributed by atoms with Crippen LogP contribution in [0.15, 0.2) is 12.4 Å². The summed E-state index contributed by atoms with van der Waals surface area (Å²) in [7, 11) is 0. The Morgan fingerprint density at radius 3 is 2.88 bits per heavy atom. The molecular formula is C10H19N5O. The molecule has 6 heteroatoms. The van der Waals surface area contributed by atoms with Gasteiger partial charge in [0.15, 0.2) is 0 Å². The minimum absolute atomic E-state index is 0.597. The summed E-state index contributed by atoms with van der Waals surface area (Å²) in [6.45, 7) is 4.52. The summed E-state index contributed by atoms with van der Waals surface area (Å²) in [5.74, 6) is 6.60. The van der Waals surface area contributed by atoms with E-state index in [1.54, 1.807) is 6.07 Å². The number of aromatic nitrogens is 2. The van der Waals surface area contributed by atoms with Crippen LogP contribution in [0, 0.1) is 0 Å². The van der Waals surface area contributed by atoms with E-state index in [0.29, 0.717) is 5.82 Å². The molecule has 1 heterocycles. The van der Waals surface area contributed by atoms with Crippen LogP contribution in [0.3, 0.4) is 0 Å². The monoisotopic (exact) mass is 225 g/mol. The van der Waals surface area contributed by atoms with Crippen molar-refractivity contribution in [1.82, 2.24) is 9.97 Å². The second-order valence-electron chi connectivity index (χ2n) is 3.33. The topological polar surface area (TPSA) is 85.1 Å². The van der Waals surface area contributed by atoms with Crippen molar-refractivity contribution in [2.45, 2.75) is 19.8 Å². The third kappa shape index (κ3) is 4.90. The average molecular weight is 225 g/mol. The number of hydrazine groups is 1. The van der Waals surface area contributed by atoms with E-state index in [0.717, 1.165) is 38.4 Å². The molecule has 16 heavy (non-hydrogen) atoms. The molecule has 0 spiro atoms. The molecule has 0 aliphatic carbocycles. The summed E-state index contributed by atoms with van der Waals surface area (Å²) in [6, 6.07) is 1.76. The smallest absolute Gasteiger partial charge is 0.145 e. The van der Waals surface area contributed by atoms with Crippen LogP contribution in [0.1, 0.15) is 19.8 Å². The highest BCUT2D eigenvalue weighted by molar-refractivity contribution is 5.45. The SMILES string of the molecule is CCCOCCCNc1cc(NN)ncn1. The van der Waals surface area contributed by atoms with Crippen LogP contribution in [-0.2, 0) is 4.74 Å². The van der Waals surface area contributed by atoms with Gasteiger partial charge in [0.25, 0.3) is 0 Å². The maximum atomic E-state index is 5.36. The quantitative estimate of drug-likeness (QED) is 0.347. The van der Waals surface area contributed by atoms with Crippen LogP contribution in [0.2, 0.25) is 0 Å². The first kappa shape index (κ1) is 12.7. The van der Waals surface area contributed by atoms with E-state index in [1.807, 2.05) is 0 Å². The molecule has 0 aliphatic rings. The third-order valence-electron chi connectivity index (χ3n) is 1.93. The molecule has 0 unspecified atom stereocenters. The first-order chi connectivity index (χ1) is 7.86. The molecule has 0 aromatic carbocycles. The van der Waals surface area contributed by atoms with Gasteiger partial charge in [-0.15, -0.1) is 0 Å². The molecule has 0 radical (unpaired) electrons. The zero-order chi connectivity index (χ0) is 11.6. The molecule has 4 N–H and O–H groups in total. The first-order valence-corrected chi connectivity index (χ1v) is 5.47. The molecule has 1 aromatic heterocycles. The molecule has 1 aromatic rings. The number of ether oxygens (including phenoxy) is 1. The number of nitrogens with two attached hydrogens (primary N) is 1. The molecular weight excluding hydrogens is 206 g/mol. The van der Waals surface area contributed by atoms with Crippen molar-refractivity contribution in [3.63, 3.8) is 0 Å².